The molecule has 1 heterocycles. The van der Waals surface area contributed by atoms with Crippen LogP contribution in [0.1, 0.15) is 51.5 Å². The highest BCUT2D eigenvalue weighted by atomic mass is 32.2. The Morgan fingerprint density at radius 3 is 2.38 bits per heavy atom. The molecule has 3 aromatic rings. The molecule has 0 fully saturated rings. The van der Waals surface area contributed by atoms with Gasteiger partial charge in [0, 0.05) is 31.4 Å². The third kappa shape index (κ3) is 6.03. The van der Waals surface area contributed by atoms with Crippen LogP contribution < -0.4 is 14.4 Å². The van der Waals surface area contributed by atoms with Crippen molar-refractivity contribution in [2.24, 2.45) is 0 Å². The van der Waals surface area contributed by atoms with Crippen molar-refractivity contribution >= 4 is 38.3 Å². The molecule has 0 radical (unpaired) electrons. The van der Waals surface area contributed by atoms with Crippen molar-refractivity contribution in [2.75, 3.05) is 24.5 Å². The Balaban J connectivity index is 1.50. The largest absolute Gasteiger partial charge is 0.497 e. The Bertz CT molecular complexity index is 1420. The topological polar surface area (TPSA) is 96.0 Å². The third-order valence-corrected chi connectivity index (χ3v) is 9.02. The Kier molecular flexibility index (Phi) is 9.12. The number of amides is 2. The van der Waals surface area contributed by atoms with Crippen LogP contribution in [0.3, 0.4) is 0 Å². The summed E-state index contributed by atoms with van der Waals surface area (Å²) in [5, 5.41) is 4.56. The molecule has 0 aromatic heterocycles. The molecule has 0 bridgehead atoms. The SMILES string of the molecule is CCCCNC(=O)[C@H](CC)N(Cc1ccc(OC)cc1)C(=O)CCCN1c2cccc3cccc(c23)S1(=O)=O. The number of rotatable bonds is 13. The number of methoxy groups -OCH3 is 1. The van der Waals surface area contributed by atoms with Crippen LogP contribution in [0.25, 0.3) is 10.8 Å². The highest BCUT2D eigenvalue weighted by Gasteiger charge is 2.35. The summed E-state index contributed by atoms with van der Waals surface area (Å²) in [5.41, 5.74) is 1.53. The predicted octanol–water partition coefficient (Wildman–Crippen LogP) is 4.86. The summed E-state index contributed by atoms with van der Waals surface area (Å²) >= 11 is 0. The molecule has 8 nitrogen and oxygen atoms in total. The fourth-order valence-electron chi connectivity index (χ4n) is 5.07. The van der Waals surface area contributed by atoms with E-state index in [1.807, 2.05) is 55.5 Å². The van der Waals surface area contributed by atoms with Crippen molar-refractivity contribution in [2.45, 2.75) is 63.4 Å². The summed E-state index contributed by atoms with van der Waals surface area (Å²) < 4.78 is 33.3. The number of sulfonamides is 1. The van der Waals surface area contributed by atoms with Crippen molar-refractivity contribution in [1.29, 1.82) is 0 Å². The fraction of sp³-hybridized carbons (Fsp3) is 0.400. The van der Waals surface area contributed by atoms with Gasteiger partial charge in [-0.15, -0.1) is 0 Å². The lowest BCUT2D eigenvalue weighted by atomic mass is 10.1. The van der Waals surface area contributed by atoms with Gasteiger partial charge in [-0.05, 0) is 54.5 Å². The summed E-state index contributed by atoms with van der Waals surface area (Å²) in [6.07, 6.45) is 2.75. The molecule has 0 aliphatic carbocycles. The number of nitrogens with one attached hydrogen (secondary N) is 1. The van der Waals surface area contributed by atoms with Gasteiger partial charge in [0.05, 0.1) is 17.7 Å². The highest BCUT2D eigenvalue weighted by Crippen LogP contribution is 2.42. The normalized spacial score (nSPS) is 14.3. The van der Waals surface area contributed by atoms with Crippen molar-refractivity contribution in [3.63, 3.8) is 0 Å². The summed E-state index contributed by atoms with van der Waals surface area (Å²) in [4.78, 5) is 28.6. The van der Waals surface area contributed by atoms with Gasteiger partial charge >= 0.3 is 0 Å². The average molecular weight is 552 g/mol. The Labute approximate surface area is 231 Å². The second-order valence-electron chi connectivity index (χ2n) is 9.75. The number of hydrogen-bond acceptors (Lipinski definition) is 5. The second-order valence-corrected chi connectivity index (χ2v) is 11.6. The maximum Gasteiger partial charge on any atom is 0.265 e. The summed E-state index contributed by atoms with van der Waals surface area (Å²) in [6, 6.07) is 17.6. The zero-order valence-electron chi connectivity index (χ0n) is 22.9. The molecule has 0 saturated heterocycles. The number of benzene rings is 3. The monoisotopic (exact) mass is 551 g/mol. The molecular formula is C30H37N3O5S. The van der Waals surface area contributed by atoms with Gasteiger partial charge in [0.1, 0.15) is 11.8 Å². The smallest absolute Gasteiger partial charge is 0.265 e. The molecule has 1 aliphatic heterocycles. The molecule has 3 aromatic carbocycles. The quantitative estimate of drug-likeness (QED) is 0.306. The van der Waals surface area contributed by atoms with Gasteiger partial charge in [0.25, 0.3) is 10.0 Å². The van der Waals surface area contributed by atoms with Crippen molar-refractivity contribution in [3.05, 3.63) is 66.2 Å². The molecule has 1 atom stereocenters. The number of carbonyl (C=O) groups excluding carboxylic acids is 2. The number of nitrogens with zero attached hydrogens (tertiary/aromatic N) is 2. The number of unbranched alkanes of at least 4 members (excludes halogenated alkanes) is 1. The molecule has 39 heavy (non-hydrogen) atoms. The van der Waals surface area contributed by atoms with Crippen LogP contribution in [0.5, 0.6) is 5.75 Å². The summed E-state index contributed by atoms with van der Waals surface area (Å²) in [7, 11) is -2.09. The molecule has 9 heteroatoms. The van der Waals surface area contributed by atoms with Crippen molar-refractivity contribution < 1.29 is 22.7 Å². The van der Waals surface area contributed by atoms with Crippen molar-refractivity contribution in [1.82, 2.24) is 10.2 Å². The van der Waals surface area contributed by atoms with E-state index in [4.69, 9.17) is 4.74 Å². The molecule has 1 N–H and O–H groups in total. The maximum absolute atomic E-state index is 13.6. The van der Waals surface area contributed by atoms with Crippen LogP contribution in [-0.4, -0.2) is 51.4 Å². The van der Waals surface area contributed by atoms with E-state index in [1.165, 1.54) is 4.31 Å². The highest BCUT2D eigenvalue weighted by molar-refractivity contribution is 7.93. The lowest BCUT2D eigenvalue weighted by Gasteiger charge is -2.31. The van der Waals surface area contributed by atoms with Crippen LogP contribution in [-0.2, 0) is 26.2 Å². The number of anilines is 1. The first-order valence-electron chi connectivity index (χ1n) is 13.6. The van der Waals surface area contributed by atoms with Gasteiger partial charge in [-0.1, -0.05) is 56.7 Å². The fourth-order valence-corrected chi connectivity index (χ4v) is 6.82. The molecule has 0 unspecified atom stereocenters. The second kappa shape index (κ2) is 12.5. The molecule has 4 rings (SSSR count). The van der Waals surface area contributed by atoms with Crippen LogP contribution in [0.2, 0.25) is 0 Å². The van der Waals surface area contributed by atoms with E-state index in [1.54, 1.807) is 24.1 Å². The van der Waals surface area contributed by atoms with E-state index in [0.29, 0.717) is 35.7 Å². The molecule has 208 valence electrons. The molecule has 1 aliphatic rings. The Morgan fingerprint density at radius 1 is 1.00 bits per heavy atom. The zero-order valence-corrected chi connectivity index (χ0v) is 23.7. The van der Waals surface area contributed by atoms with Gasteiger partial charge in [0.2, 0.25) is 11.8 Å². The molecule has 0 saturated carbocycles. The lowest BCUT2D eigenvalue weighted by Crippen LogP contribution is -2.49. The minimum atomic E-state index is -3.69. The first-order valence-corrected chi connectivity index (χ1v) is 15.0. The zero-order chi connectivity index (χ0) is 28.0. The molecule has 2 amide bonds. The standard InChI is InChI=1S/C30H37N3O5S/c1-4-6-19-31-30(35)25(5-2)32(21-22-15-17-24(38-3)18-16-22)28(34)14-9-20-33-26-12-7-10-23-11-8-13-27(29(23)26)39(33,36)37/h7-8,10-13,15-18,25H,4-6,9,14,19-21H2,1-3H3,(H,31,35)/t25-/m0/s1. The van der Waals surface area contributed by atoms with Crippen LogP contribution in [0.4, 0.5) is 5.69 Å². The third-order valence-electron chi connectivity index (χ3n) is 7.16. The number of hydrogen-bond donors (Lipinski definition) is 1. The maximum atomic E-state index is 13.6. The van der Waals surface area contributed by atoms with Gasteiger partial charge in [-0.25, -0.2) is 8.42 Å². The first-order chi connectivity index (χ1) is 18.8. The number of carbonyl (C=O) groups is 2. The van der Waals surface area contributed by atoms with Crippen molar-refractivity contribution in [3.8, 4) is 5.75 Å². The van der Waals surface area contributed by atoms with E-state index in [9.17, 15) is 18.0 Å². The minimum absolute atomic E-state index is 0.118. The average Bonchev–Trinajstić information content (AvgIpc) is 3.16. The van der Waals surface area contributed by atoms with E-state index < -0.39 is 16.1 Å². The van der Waals surface area contributed by atoms with Crippen LogP contribution in [0, 0.1) is 0 Å². The van der Waals surface area contributed by atoms with E-state index in [2.05, 4.69) is 12.2 Å². The predicted molar refractivity (Wildman–Crippen MR) is 153 cm³/mol. The van der Waals surface area contributed by atoms with E-state index >= 15 is 0 Å². The van der Waals surface area contributed by atoms with Gasteiger partial charge in [-0.2, -0.15) is 0 Å². The Hall–Kier alpha value is -3.59. The first kappa shape index (κ1) is 28.4. The summed E-state index contributed by atoms with van der Waals surface area (Å²) in [6.45, 7) is 4.97. The Morgan fingerprint density at radius 2 is 1.72 bits per heavy atom. The van der Waals surface area contributed by atoms with Crippen LogP contribution >= 0.6 is 0 Å². The minimum Gasteiger partial charge on any atom is -0.497 e. The van der Waals surface area contributed by atoms with Gasteiger partial charge < -0.3 is 15.0 Å². The van der Waals surface area contributed by atoms with Gasteiger partial charge in [0.15, 0.2) is 0 Å². The summed E-state index contributed by atoms with van der Waals surface area (Å²) in [5.74, 6) is 0.358. The van der Waals surface area contributed by atoms with E-state index in [0.717, 1.165) is 29.2 Å². The van der Waals surface area contributed by atoms with Crippen LogP contribution in [0.15, 0.2) is 65.6 Å². The number of ether oxygens (including phenoxy) is 1. The molecular weight excluding hydrogens is 514 g/mol. The molecule has 0 spiro atoms. The van der Waals surface area contributed by atoms with Gasteiger partial charge in [-0.3, -0.25) is 13.9 Å². The van der Waals surface area contributed by atoms with E-state index in [-0.39, 0.29) is 31.3 Å². The lowest BCUT2D eigenvalue weighted by molar-refractivity contribution is -0.141.